The maximum atomic E-state index is 12.7. The summed E-state index contributed by atoms with van der Waals surface area (Å²) in [4.78, 5) is 24.6. The molecular weight excluding hydrogens is 370 g/mol. The fourth-order valence-corrected chi connectivity index (χ4v) is 2.70. The van der Waals surface area contributed by atoms with Crippen LogP contribution in [0.2, 0.25) is 0 Å². The predicted octanol–water partition coefficient (Wildman–Crippen LogP) is 4.58. The molecule has 2 aromatic rings. The first-order valence-corrected chi connectivity index (χ1v) is 9.42. The SMILES string of the molecule is CCCCOC(=O)c1ccc(NC(=O)C2=Cc3cc(OC)ccc3OC=C2)cc1. The van der Waals surface area contributed by atoms with Crippen LogP contribution >= 0.6 is 0 Å². The van der Waals surface area contributed by atoms with Crippen molar-refractivity contribution in [2.75, 3.05) is 19.0 Å². The van der Waals surface area contributed by atoms with Crippen LogP contribution in [0.5, 0.6) is 11.5 Å². The molecule has 0 saturated carbocycles. The van der Waals surface area contributed by atoms with Crippen LogP contribution in [-0.4, -0.2) is 25.6 Å². The van der Waals surface area contributed by atoms with Gasteiger partial charge in [-0.1, -0.05) is 13.3 Å². The molecule has 6 heteroatoms. The number of hydrogen-bond donors (Lipinski definition) is 1. The number of ether oxygens (including phenoxy) is 3. The summed E-state index contributed by atoms with van der Waals surface area (Å²) in [5.41, 5.74) is 2.19. The minimum Gasteiger partial charge on any atom is -0.497 e. The lowest BCUT2D eigenvalue weighted by Gasteiger charge is -2.08. The predicted molar refractivity (Wildman–Crippen MR) is 111 cm³/mol. The summed E-state index contributed by atoms with van der Waals surface area (Å²) in [6, 6.07) is 12.0. The molecule has 0 aliphatic carbocycles. The van der Waals surface area contributed by atoms with E-state index in [9.17, 15) is 9.59 Å². The monoisotopic (exact) mass is 393 g/mol. The Kier molecular flexibility index (Phi) is 6.68. The van der Waals surface area contributed by atoms with E-state index in [2.05, 4.69) is 5.32 Å². The van der Waals surface area contributed by atoms with Crippen LogP contribution in [-0.2, 0) is 9.53 Å². The second kappa shape index (κ2) is 9.59. The Labute approximate surface area is 169 Å². The van der Waals surface area contributed by atoms with Crippen LogP contribution in [0.4, 0.5) is 5.69 Å². The molecule has 1 amide bonds. The topological polar surface area (TPSA) is 73.9 Å². The van der Waals surface area contributed by atoms with E-state index in [1.54, 1.807) is 61.7 Å². The summed E-state index contributed by atoms with van der Waals surface area (Å²) in [6.07, 6.45) is 6.60. The number of carbonyl (C=O) groups excluding carboxylic acids is 2. The van der Waals surface area contributed by atoms with Crippen LogP contribution in [0.3, 0.4) is 0 Å². The highest BCUT2D eigenvalue weighted by Gasteiger charge is 2.14. The lowest BCUT2D eigenvalue weighted by atomic mass is 10.1. The van der Waals surface area contributed by atoms with Gasteiger partial charge in [0.2, 0.25) is 0 Å². The zero-order chi connectivity index (χ0) is 20.6. The van der Waals surface area contributed by atoms with E-state index in [-0.39, 0.29) is 11.9 Å². The highest BCUT2D eigenvalue weighted by atomic mass is 16.5. The van der Waals surface area contributed by atoms with Crippen molar-refractivity contribution >= 4 is 23.6 Å². The third-order valence-electron chi connectivity index (χ3n) is 4.34. The second-order valence-corrected chi connectivity index (χ2v) is 6.44. The standard InChI is InChI=1S/C23H23NO5/c1-3-4-12-29-23(26)16-5-7-19(8-6-16)24-22(25)17-11-13-28-21-10-9-20(27-2)15-18(21)14-17/h5-11,13-15H,3-4,12H2,1-2H3,(H,24,25). The molecule has 1 heterocycles. The van der Waals surface area contributed by atoms with Crippen molar-refractivity contribution in [3.8, 4) is 11.5 Å². The van der Waals surface area contributed by atoms with E-state index in [0.717, 1.165) is 18.4 Å². The Morgan fingerprint density at radius 3 is 2.62 bits per heavy atom. The fourth-order valence-electron chi connectivity index (χ4n) is 2.70. The maximum Gasteiger partial charge on any atom is 0.338 e. The van der Waals surface area contributed by atoms with Crippen LogP contribution in [0, 0.1) is 0 Å². The van der Waals surface area contributed by atoms with Gasteiger partial charge in [-0.2, -0.15) is 0 Å². The van der Waals surface area contributed by atoms with Gasteiger partial charge in [0, 0.05) is 16.8 Å². The van der Waals surface area contributed by atoms with Crippen molar-refractivity contribution in [3.05, 3.63) is 71.5 Å². The summed E-state index contributed by atoms with van der Waals surface area (Å²) < 4.78 is 16.0. The molecule has 1 N–H and O–H groups in total. The average molecular weight is 393 g/mol. The van der Waals surface area contributed by atoms with Crippen molar-refractivity contribution in [2.45, 2.75) is 19.8 Å². The molecule has 0 bridgehead atoms. The van der Waals surface area contributed by atoms with Gasteiger partial charge in [0.05, 0.1) is 25.5 Å². The Balaban J connectivity index is 1.69. The van der Waals surface area contributed by atoms with Gasteiger partial charge in [-0.25, -0.2) is 4.79 Å². The van der Waals surface area contributed by atoms with Crippen molar-refractivity contribution < 1.29 is 23.8 Å². The zero-order valence-electron chi connectivity index (χ0n) is 16.4. The van der Waals surface area contributed by atoms with Gasteiger partial charge in [0.15, 0.2) is 0 Å². The normalized spacial score (nSPS) is 12.1. The van der Waals surface area contributed by atoms with E-state index >= 15 is 0 Å². The number of anilines is 1. The van der Waals surface area contributed by atoms with Crippen LogP contribution < -0.4 is 14.8 Å². The van der Waals surface area contributed by atoms with Crippen molar-refractivity contribution in [1.82, 2.24) is 0 Å². The van der Waals surface area contributed by atoms with Crippen LogP contribution in [0.25, 0.3) is 6.08 Å². The molecule has 0 atom stereocenters. The number of hydrogen-bond acceptors (Lipinski definition) is 5. The number of rotatable bonds is 7. The number of methoxy groups -OCH3 is 1. The number of fused-ring (bicyclic) bond motifs is 1. The summed E-state index contributed by atoms with van der Waals surface area (Å²) in [7, 11) is 1.58. The lowest BCUT2D eigenvalue weighted by molar-refractivity contribution is -0.112. The second-order valence-electron chi connectivity index (χ2n) is 6.44. The molecule has 0 saturated heterocycles. The molecule has 0 radical (unpaired) electrons. The van der Waals surface area contributed by atoms with Crippen LogP contribution in [0.1, 0.15) is 35.7 Å². The Bertz CT molecular complexity index is 944. The van der Waals surface area contributed by atoms with Gasteiger partial charge >= 0.3 is 5.97 Å². The molecule has 6 nitrogen and oxygen atoms in total. The molecule has 0 unspecified atom stereocenters. The van der Waals surface area contributed by atoms with E-state index in [1.807, 2.05) is 6.92 Å². The fraction of sp³-hybridized carbons (Fsp3) is 0.217. The minimum atomic E-state index is -0.367. The zero-order valence-corrected chi connectivity index (χ0v) is 16.4. The first-order chi connectivity index (χ1) is 14.1. The van der Waals surface area contributed by atoms with Crippen LogP contribution in [0.15, 0.2) is 60.4 Å². The average Bonchev–Trinajstić information content (AvgIpc) is 2.96. The molecule has 2 aromatic carbocycles. The molecule has 150 valence electrons. The summed E-state index contributed by atoms with van der Waals surface area (Å²) in [6.45, 7) is 2.44. The Hall–Kier alpha value is -3.54. The molecule has 1 aliphatic heterocycles. The van der Waals surface area contributed by atoms with Gasteiger partial charge in [-0.3, -0.25) is 4.79 Å². The number of esters is 1. The third kappa shape index (κ3) is 5.25. The Morgan fingerprint density at radius 2 is 1.90 bits per heavy atom. The molecule has 29 heavy (non-hydrogen) atoms. The molecule has 3 rings (SSSR count). The molecule has 0 aromatic heterocycles. The Morgan fingerprint density at radius 1 is 1.10 bits per heavy atom. The van der Waals surface area contributed by atoms with Gasteiger partial charge in [-0.15, -0.1) is 0 Å². The summed E-state index contributed by atoms with van der Waals surface area (Å²) in [5.74, 6) is 0.648. The number of carbonyl (C=O) groups is 2. The van der Waals surface area contributed by atoms with Gasteiger partial charge < -0.3 is 19.5 Å². The lowest BCUT2D eigenvalue weighted by Crippen LogP contribution is -2.13. The molecule has 0 fully saturated rings. The third-order valence-corrected chi connectivity index (χ3v) is 4.34. The van der Waals surface area contributed by atoms with Crippen molar-refractivity contribution in [1.29, 1.82) is 0 Å². The number of unbranched alkanes of at least 4 members (excludes halogenated alkanes) is 1. The molecule has 1 aliphatic rings. The van der Waals surface area contributed by atoms with Gasteiger partial charge in [0.1, 0.15) is 11.5 Å². The first-order valence-electron chi connectivity index (χ1n) is 9.42. The van der Waals surface area contributed by atoms with Gasteiger partial charge in [-0.05, 0) is 61.0 Å². The minimum absolute atomic E-state index is 0.293. The highest BCUT2D eigenvalue weighted by Crippen LogP contribution is 2.29. The molecule has 0 spiro atoms. The van der Waals surface area contributed by atoms with Crippen molar-refractivity contribution in [3.63, 3.8) is 0 Å². The largest absolute Gasteiger partial charge is 0.497 e. The number of benzene rings is 2. The van der Waals surface area contributed by atoms with E-state index in [0.29, 0.717) is 34.9 Å². The summed E-state index contributed by atoms with van der Waals surface area (Å²) >= 11 is 0. The van der Waals surface area contributed by atoms with E-state index < -0.39 is 0 Å². The first kappa shape index (κ1) is 20.2. The van der Waals surface area contributed by atoms with E-state index in [4.69, 9.17) is 14.2 Å². The van der Waals surface area contributed by atoms with Crippen molar-refractivity contribution in [2.24, 2.45) is 0 Å². The quantitative estimate of drug-likeness (QED) is 0.551. The number of nitrogens with one attached hydrogen (secondary N) is 1. The number of amides is 1. The maximum absolute atomic E-state index is 12.7. The highest BCUT2D eigenvalue weighted by molar-refractivity contribution is 6.09. The van der Waals surface area contributed by atoms with E-state index in [1.165, 1.54) is 6.26 Å². The van der Waals surface area contributed by atoms with Gasteiger partial charge in [0.25, 0.3) is 5.91 Å². The summed E-state index contributed by atoms with van der Waals surface area (Å²) in [5, 5.41) is 2.82. The smallest absolute Gasteiger partial charge is 0.338 e. The molecular formula is C23H23NO5.